The van der Waals surface area contributed by atoms with Crippen LogP contribution in [0.1, 0.15) is 91.9 Å². The van der Waals surface area contributed by atoms with Crippen molar-refractivity contribution in [2.75, 3.05) is 46.8 Å². The van der Waals surface area contributed by atoms with Crippen LogP contribution in [0.3, 0.4) is 0 Å². The zero-order valence-corrected chi connectivity index (χ0v) is 24.1. The van der Waals surface area contributed by atoms with Crippen LogP contribution < -0.4 is 0 Å². The lowest BCUT2D eigenvalue weighted by Crippen LogP contribution is -2.69. The number of carbonyl (C=O) groups is 1. The number of aliphatic hydroxyl groups excluding tert-OH is 1. The Labute approximate surface area is 225 Å². The van der Waals surface area contributed by atoms with Crippen LogP contribution in [0.25, 0.3) is 0 Å². The van der Waals surface area contributed by atoms with E-state index in [4.69, 9.17) is 28.4 Å². The first-order chi connectivity index (χ1) is 18.0. The van der Waals surface area contributed by atoms with Crippen LogP contribution in [0, 0.1) is 11.8 Å². The van der Waals surface area contributed by atoms with Gasteiger partial charge in [0.1, 0.15) is 30.0 Å². The largest absolute Gasteiger partial charge is 0.469 e. The third kappa shape index (κ3) is 8.87. The van der Waals surface area contributed by atoms with Gasteiger partial charge in [0.15, 0.2) is 0 Å². The quantitative estimate of drug-likeness (QED) is 0.190. The van der Waals surface area contributed by atoms with E-state index < -0.39 is 29.8 Å². The van der Waals surface area contributed by atoms with Crippen molar-refractivity contribution in [1.29, 1.82) is 0 Å². The minimum Gasteiger partial charge on any atom is -0.469 e. The number of esters is 1. The molecule has 0 aromatic rings. The number of methoxy groups -OCH3 is 1. The molecule has 8 heteroatoms. The third-order valence-corrected chi connectivity index (χ3v) is 7.69. The van der Waals surface area contributed by atoms with Crippen LogP contribution in [0.5, 0.6) is 0 Å². The molecule has 0 bridgehead atoms. The Hall–Kier alpha value is -0.770. The summed E-state index contributed by atoms with van der Waals surface area (Å²) < 4.78 is 37.9. The van der Waals surface area contributed by atoms with Crippen molar-refractivity contribution in [3.8, 4) is 0 Å². The number of hydrogen-bond acceptors (Lipinski definition) is 8. The summed E-state index contributed by atoms with van der Waals surface area (Å²) in [6.07, 6.45) is 7.05. The standard InChI is InChI=1S/C29H54O8/c1-6-10-14-33-21-24-25(34-15-11-7-2)26(35-16-12-8-3)27(36-17-13-9-4)29(37-24)19-22(20-30)18-23(29)28(31)32-5/h22-27,30H,6-21H2,1-5H3/t22-,23-,24?,25?,26?,27?,29?/m1/s1. The molecule has 0 radical (unpaired) electrons. The van der Waals surface area contributed by atoms with E-state index in [1.807, 2.05) is 0 Å². The Bertz CT molecular complexity index is 617. The lowest BCUT2D eigenvalue weighted by atomic mass is 9.77. The van der Waals surface area contributed by atoms with E-state index in [1.54, 1.807) is 0 Å². The normalized spacial score (nSPS) is 31.7. The second kappa shape index (κ2) is 17.7. The number of aliphatic hydroxyl groups is 1. The highest BCUT2D eigenvalue weighted by molar-refractivity contribution is 5.74. The molecule has 37 heavy (non-hydrogen) atoms. The van der Waals surface area contributed by atoms with Crippen LogP contribution in [0.15, 0.2) is 0 Å². The van der Waals surface area contributed by atoms with Gasteiger partial charge in [0.25, 0.3) is 0 Å². The average molecular weight is 531 g/mol. The maximum absolute atomic E-state index is 13.1. The maximum atomic E-state index is 13.1. The molecule has 2 rings (SSSR count). The lowest BCUT2D eigenvalue weighted by molar-refractivity contribution is -0.310. The van der Waals surface area contributed by atoms with Gasteiger partial charge in [-0.15, -0.1) is 0 Å². The number of carbonyl (C=O) groups excluding carboxylic acids is 1. The molecule has 218 valence electrons. The second-order valence-corrected chi connectivity index (χ2v) is 10.6. The van der Waals surface area contributed by atoms with Crippen molar-refractivity contribution in [2.45, 2.75) is 122 Å². The van der Waals surface area contributed by atoms with Gasteiger partial charge in [0, 0.05) is 33.0 Å². The summed E-state index contributed by atoms with van der Waals surface area (Å²) in [7, 11) is 1.41. The molecule has 0 amide bonds. The van der Waals surface area contributed by atoms with Crippen molar-refractivity contribution in [3.05, 3.63) is 0 Å². The van der Waals surface area contributed by atoms with E-state index in [9.17, 15) is 9.90 Å². The monoisotopic (exact) mass is 530 g/mol. The van der Waals surface area contributed by atoms with Gasteiger partial charge < -0.3 is 33.5 Å². The van der Waals surface area contributed by atoms with E-state index in [1.165, 1.54) is 7.11 Å². The molecule has 1 N–H and O–H groups in total. The Morgan fingerprint density at radius 3 is 2.00 bits per heavy atom. The summed E-state index contributed by atoms with van der Waals surface area (Å²) in [6, 6.07) is 0. The Morgan fingerprint density at radius 2 is 1.43 bits per heavy atom. The molecule has 1 saturated heterocycles. The van der Waals surface area contributed by atoms with E-state index in [-0.39, 0.29) is 24.6 Å². The van der Waals surface area contributed by atoms with Crippen LogP contribution in [0.2, 0.25) is 0 Å². The number of rotatable bonds is 19. The van der Waals surface area contributed by atoms with Crippen LogP contribution in [-0.4, -0.2) is 87.8 Å². The highest BCUT2D eigenvalue weighted by atomic mass is 16.6. The first kappa shape index (κ1) is 32.4. The van der Waals surface area contributed by atoms with E-state index in [0.717, 1.165) is 51.4 Å². The van der Waals surface area contributed by atoms with Crippen LogP contribution in [-0.2, 0) is 33.2 Å². The van der Waals surface area contributed by atoms with E-state index in [2.05, 4.69) is 27.7 Å². The fraction of sp³-hybridized carbons (Fsp3) is 0.966. The summed E-state index contributed by atoms with van der Waals surface area (Å²) in [4.78, 5) is 13.1. The minimum atomic E-state index is -0.978. The zero-order valence-electron chi connectivity index (χ0n) is 24.1. The molecule has 1 aliphatic carbocycles. The van der Waals surface area contributed by atoms with Crippen LogP contribution >= 0.6 is 0 Å². The van der Waals surface area contributed by atoms with Gasteiger partial charge in [0.05, 0.1) is 19.6 Å². The summed E-state index contributed by atoms with van der Waals surface area (Å²) >= 11 is 0. The van der Waals surface area contributed by atoms with E-state index in [0.29, 0.717) is 45.9 Å². The Kier molecular flexibility index (Phi) is 15.6. The smallest absolute Gasteiger partial charge is 0.311 e. The molecule has 0 aromatic heterocycles. The van der Waals surface area contributed by atoms with Gasteiger partial charge >= 0.3 is 5.97 Å². The third-order valence-electron chi connectivity index (χ3n) is 7.69. The van der Waals surface area contributed by atoms with Crippen molar-refractivity contribution in [3.63, 3.8) is 0 Å². The molecular weight excluding hydrogens is 476 g/mol. The fourth-order valence-electron chi connectivity index (χ4n) is 5.59. The predicted molar refractivity (Wildman–Crippen MR) is 143 cm³/mol. The minimum absolute atomic E-state index is 0.0181. The highest BCUT2D eigenvalue weighted by Crippen LogP contribution is 2.51. The molecule has 1 aliphatic heterocycles. The Morgan fingerprint density at radius 1 is 0.865 bits per heavy atom. The summed E-state index contributed by atoms with van der Waals surface area (Å²) in [5, 5.41) is 10.1. The molecule has 1 saturated carbocycles. The number of hydrogen-bond donors (Lipinski definition) is 1. The molecular formula is C29H54O8. The second-order valence-electron chi connectivity index (χ2n) is 10.6. The van der Waals surface area contributed by atoms with Crippen molar-refractivity contribution >= 4 is 5.97 Å². The van der Waals surface area contributed by atoms with Gasteiger partial charge in [0.2, 0.25) is 0 Å². The van der Waals surface area contributed by atoms with Gasteiger partial charge in [-0.2, -0.15) is 0 Å². The van der Waals surface area contributed by atoms with Gasteiger partial charge in [-0.05, 0) is 44.4 Å². The molecule has 5 unspecified atom stereocenters. The van der Waals surface area contributed by atoms with Crippen LogP contribution in [0.4, 0.5) is 0 Å². The zero-order chi connectivity index (χ0) is 27.1. The number of unbranched alkanes of at least 4 members (excludes halogenated alkanes) is 4. The fourth-order valence-corrected chi connectivity index (χ4v) is 5.59. The molecule has 1 heterocycles. The molecule has 8 nitrogen and oxygen atoms in total. The highest BCUT2D eigenvalue weighted by Gasteiger charge is 2.65. The molecule has 2 fully saturated rings. The van der Waals surface area contributed by atoms with Crippen molar-refractivity contribution in [2.24, 2.45) is 11.8 Å². The molecule has 0 aromatic carbocycles. The van der Waals surface area contributed by atoms with Gasteiger partial charge in [-0.3, -0.25) is 4.79 Å². The molecule has 1 spiro atoms. The molecule has 2 aliphatic rings. The molecule has 7 atom stereocenters. The SMILES string of the molecule is CCCCOCC1OC2(C[C@H](CO)C[C@@H]2C(=O)OC)C(OCCCC)C(OCCCC)C1OCCCC. The van der Waals surface area contributed by atoms with Gasteiger partial charge in [-0.1, -0.05) is 53.4 Å². The van der Waals surface area contributed by atoms with E-state index >= 15 is 0 Å². The van der Waals surface area contributed by atoms with Gasteiger partial charge in [-0.25, -0.2) is 0 Å². The maximum Gasteiger partial charge on any atom is 0.311 e. The lowest BCUT2D eigenvalue weighted by Gasteiger charge is -2.53. The topological polar surface area (TPSA) is 92.7 Å². The summed E-state index contributed by atoms with van der Waals surface area (Å²) in [5.41, 5.74) is -0.978. The Balaban J connectivity index is 2.51. The summed E-state index contributed by atoms with van der Waals surface area (Å²) in [6.45, 7) is 11.2. The summed E-state index contributed by atoms with van der Waals surface area (Å²) in [5.74, 6) is -0.978. The number of ether oxygens (including phenoxy) is 6. The predicted octanol–water partition coefficient (Wildman–Crippen LogP) is 4.69. The van der Waals surface area contributed by atoms with Crippen molar-refractivity contribution < 1.29 is 38.3 Å². The average Bonchev–Trinajstić information content (AvgIpc) is 3.28. The first-order valence-electron chi connectivity index (χ1n) is 14.8. The first-order valence-corrected chi connectivity index (χ1v) is 14.8. The van der Waals surface area contributed by atoms with Crippen molar-refractivity contribution in [1.82, 2.24) is 0 Å².